The number of fused-ring (bicyclic) bond motifs is 2. The monoisotopic (exact) mass is 474 g/mol. The van der Waals surface area contributed by atoms with Crippen LogP contribution in [-0.4, -0.2) is 48.2 Å². The van der Waals surface area contributed by atoms with Crippen molar-refractivity contribution in [1.82, 2.24) is 9.80 Å². The molecule has 3 aliphatic carbocycles. The molecule has 0 aromatic heterocycles. The van der Waals surface area contributed by atoms with Crippen LogP contribution in [0, 0.1) is 58.5 Å². The summed E-state index contributed by atoms with van der Waals surface area (Å²) in [5.74, 6) is 4.85. The number of rotatable bonds is 8. The predicted octanol–water partition coefficient (Wildman–Crippen LogP) is 5.75. The van der Waals surface area contributed by atoms with E-state index in [0.29, 0.717) is 38.1 Å². The zero-order valence-electron chi connectivity index (χ0n) is 21.4. The van der Waals surface area contributed by atoms with Crippen LogP contribution < -0.4 is 0 Å². The van der Waals surface area contributed by atoms with Gasteiger partial charge in [-0.05, 0) is 81.5 Å². The summed E-state index contributed by atoms with van der Waals surface area (Å²) in [5, 5.41) is 16.6. The second kappa shape index (κ2) is 14.0. The SMILES string of the molecule is CCC1CC(CC)C(COC#N)C1.CCN1C(=O)N(CC)C1=O.N#COCC1CC2CCC1C2. The molecule has 1 heterocycles. The lowest BCUT2D eigenvalue weighted by Gasteiger charge is -2.37. The molecule has 2 bridgehead atoms. The van der Waals surface area contributed by atoms with Gasteiger partial charge in [0.2, 0.25) is 0 Å². The standard InChI is InChI=1S/C11H19NO.C9H13NO.C6H10N2O2/c1-3-9-5-10(4-2)11(6-9)7-13-8-12;10-6-11-5-9-4-7-1-2-8(9)3-7;1-3-7-5(9)8(4-2)6(7)10/h9-11H,3-7H2,1-2H3;7-9H,1-5H2;3-4H2,1-2H3. The van der Waals surface area contributed by atoms with Crippen LogP contribution in [0.15, 0.2) is 0 Å². The molecule has 1 saturated heterocycles. The molecule has 4 fully saturated rings. The smallest absolute Gasteiger partial charge is 0.336 e. The van der Waals surface area contributed by atoms with Gasteiger partial charge >= 0.3 is 12.1 Å². The fraction of sp³-hybridized carbons (Fsp3) is 0.846. The van der Waals surface area contributed by atoms with E-state index in [2.05, 4.69) is 13.8 Å². The summed E-state index contributed by atoms with van der Waals surface area (Å²) >= 11 is 0. The topological polar surface area (TPSA) is 107 Å². The molecule has 4 rings (SSSR count). The molecule has 6 unspecified atom stereocenters. The van der Waals surface area contributed by atoms with Crippen molar-refractivity contribution in [2.24, 2.45) is 35.5 Å². The lowest BCUT2D eigenvalue weighted by atomic mass is 9.90. The average molecular weight is 475 g/mol. The van der Waals surface area contributed by atoms with Gasteiger partial charge in [-0.15, -0.1) is 0 Å². The molecule has 190 valence electrons. The minimum atomic E-state index is -0.171. The second-order valence-corrected chi connectivity index (χ2v) is 9.97. The van der Waals surface area contributed by atoms with E-state index < -0.39 is 0 Å². The molecule has 1 aliphatic heterocycles. The Labute approximate surface area is 205 Å². The highest BCUT2D eigenvalue weighted by Crippen LogP contribution is 2.48. The summed E-state index contributed by atoms with van der Waals surface area (Å²) in [6.07, 6.45) is 14.2. The van der Waals surface area contributed by atoms with Crippen molar-refractivity contribution in [1.29, 1.82) is 10.5 Å². The number of carbonyl (C=O) groups is 2. The molecule has 4 aliphatic rings. The lowest BCUT2D eigenvalue weighted by Crippen LogP contribution is -2.63. The van der Waals surface area contributed by atoms with E-state index in [-0.39, 0.29) is 12.1 Å². The maximum absolute atomic E-state index is 10.9. The fourth-order valence-electron chi connectivity index (χ4n) is 6.20. The fourth-order valence-corrected chi connectivity index (χ4v) is 6.20. The summed E-state index contributed by atoms with van der Waals surface area (Å²) < 4.78 is 9.62. The number of hydrogen-bond acceptors (Lipinski definition) is 6. The molecule has 4 amide bonds. The Hall–Kier alpha value is -2.48. The average Bonchev–Trinajstić information content (AvgIpc) is 3.58. The van der Waals surface area contributed by atoms with Gasteiger partial charge in [0.1, 0.15) is 13.2 Å². The Morgan fingerprint density at radius 2 is 1.32 bits per heavy atom. The maximum Gasteiger partial charge on any atom is 0.336 e. The third-order valence-corrected chi connectivity index (χ3v) is 8.21. The molecule has 0 spiro atoms. The van der Waals surface area contributed by atoms with Gasteiger partial charge in [-0.25, -0.2) is 19.4 Å². The Kier molecular flexibility index (Phi) is 11.5. The van der Waals surface area contributed by atoms with Crippen LogP contribution in [0.1, 0.15) is 79.1 Å². The van der Waals surface area contributed by atoms with Crippen LogP contribution in [0.5, 0.6) is 0 Å². The summed E-state index contributed by atoms with van der Waals surface area (Å²) in [7, 11) is 0. The number of hydrogen-bond donors (Lipinski definition) is 0. The first-order chi connectivity index (χ1) is 16.4. The van der Waals surface area contributed by atoms with Gasteiger partial charge in [-0.3, -0.25) is 0 Å². The largest absolute Gasteiger partial charge is 0.427 e. The Morgan fingerprint density at radius 1 is 0.765 bits per heavy atom. The summed E-state index contributed by atoms with van der Waals surface area (Å²) in [6, 6.07) is -0.343. The first kappa shape index (κ1) is 27.8. The highest BCUT2D eigenvalue weighted by atomic mass is 16.5. The lowest BCUT2D eigenvalue weighted by molar-refractivity contribution is 0.110. The van der Waals surface area contributed by atoms with Crippen molar-refractivity contribution in [2.75, 3.05) is 26.3 Å². The molecule has 0 N–H and O–H groups in total. The maximum atomic E-state index is 10.9. The molecule has 34 heavy (non-hydrogen) atoms. The molecule has 6 atom stereocenters. The molecular formula is C26H42N4O4. The Morgan fingerprint density at radius 3 is 1.74 bits per heavy atom. The number of amides is 4. The molecule has 3 saturated carbocycles. The second-order valence-electron chi connectivity index (χ2n) is 9.97. The number of ether oxygens (including phenoxy) is 2. The van der Waals surface area contributed by atoms with Crippen LogP contribution in [0.2, 0.25) is 0 Å². The van der Waals surface area contributed by atoms with Crippen LogP contribution >= 0.6 is 0 Å². The van der Waals surface area contributed by atoms with Gasteiger partial charge in [0.15, 0.2) is 0 Å². The quantitative estimate of drug-likeness (QED) is 0.415. The van der Waals surface area contributed by atoms with Crippen LogP contribution in [0.4, 0.5) is 9.59 Å². The summed E-state index contributed by atoms with van der Waals surface area (Å²) in [6.45, 7) is 10.3. The van der Waals surface area contributed by atoms with E-state index in [1.54, 1.807) is 26.4 Å². The highest BCUT2D eigenvalue weighted by Gasteiger charge is 2.41. The number of urea groups is 2. The number of carbonyl (C=O) groups excluding carboxylic acids is 2. The first-order valence-electron chi connectivity index (χ1n) is 13.1. The van der Waals surface area contributed by atoms with Crippen LogP contribution in [-0.2, 0) is 9.47 Å². The van der Waals surface area contributed by atoms with Crippen molar-refractivity contribution in [3.63, 3.8) is 0 Å². The van der Waals surface area contributed by atoms with E-state index in [4.69, 9.17) is 20.0 Å². The molecule has 8 heteroatoms. The predicted molar refractivity (Wildman–Crippen MR) is 128 cm³/mol. The van der Waals surface area contributed by atoms with Crippen molar-refractivity contribution >= 4 is 12.1 Å². The molecule has 0 aromatic rings. The summed E-state index contributed by atoms with van der Waals surface area (Å²) in [5.41, 5.74) is 0. The Balaban J connectivity index is 0.000000182. The molecule has 8 nitrogen and oxygen atoms in total. The van der Waals surface area contributed by atoms with Gasteiger partial charge in [0.25, 0.3) is 12.5 Å². The van der Waals surface area contributed by atoms with Crippen LogP contribution in [0.3, 0.4) is 0 Å². The minimum Gasteiger partial charge on any atom is -0.427 e. The molecular weight excluding hydrogens is 432 g/mol. The van der Waals surface area contributed by atoms with Gasteiger partial charge in [0, 0.05) is 13.1 Å². The van der Waals surface area contributed by atoms with Crippen molar-refractivity contribution in [3.8, 4) is 12.5 Å². The molecule has 0 radical (unpaired) electrons. The highest BCUT2D eigenvalue weighted by molar-refractivity contribution is 6.11. The number of imide groups is 2. The van der Waals surface area contributed by atoms with E-state index in [1.165, 1.54) is 61.2 Å². The zero-order chi connectivity index (χ0) is 25.1. The minimum absolute atomic E-state index is 0.171. The van der Waals surface area contributed by atoms with E-state index in [0.717, 1.165) is 23.7 Å². The summed E-state index contributed by atoms with van der Waals surface area (Å²) in [4.78, 5) is 24.2. The van der Waals surface area contributed by atoms with Crippen molar-refractivity contribution in [2.45, 2.75) is 79.1 Å². The number of nitriles is 2. The van der Waals surface area contributed by atoms with Gasteiger partial charge in [-0.2, -0.15) is 10.5 Å². The third-order valence-electron chi connectivity index (χ3n) is 8.21. The normalized spacial score (nSPS) is 30.9. The van der Waals surface area contributed by atoms with E-state index in [9.17, 15) is 9.59 Å². The van der Waals surface area contributed by atoms with Crippen LogP contribution in [0.25, 0.3) is 0 Å². The van der Waals surface area contributed by atoms with E-state index >= 15 is 0 Å². The van der Waals surface area contributed by atoms with Gasteiger partial charge in [-0.1, -0.05) is 33.1 Å². The van der Waals surface area contributed by atoms with E-state index in [1.807, 2.05) is 0 Å². The zero-order valence-corrected chi connectivity index (χ0v) is 21.4. The van der Waals surface area contributed by atoms with Crippen molar-refractivity contribution < 1.29 is 19.1 Å². The van der Waals surface area contributed by atoms with Crippen molar-refractivity contribution in [3.05, 3.63) is 0 Å². The number of nitrogens with zero attached hydrogens (tertiary/aromatic N) is 4. The molecule has 0 aromatic carbocycles. The third kappa shape index (κ3) is 7.01. The van der Waals surface area contributed by atoms with Gasteiger partial charge in [0.05, 0.1) is 0 Å². The van der Waals surface area contributed by atoms with Gasteiger partial charge < -0.3 is 9.47 Å². The first-order valence-corrected chi connectivity index (χ1v) is 13.1. The Bertz CT molecular complexity index is 714.